The van der Waals surface area contributed by atoms with E-state index in [1.54, 1.807) is 24.3 Å². The number of carbonyl (C=O) groups excluding carboxylic acids is 1. The zero-order chi connectivity index (χ0) is 12.7. The first-order valence-electron chi connectivity index (χ1n) is 5.50. The lowest BCUT2D eigenvalue weighted by Crippen LogP contribution is -2.36. The first-order chi connectivity index (χ1) is 8.68. The van der Waals surface area contributed by atoms with Gasteiger partial charge in [-0.1, -0.05) is 12.1 Å². The number of Topliss-reactive ketones (excluding diaryl/α,β-unsaturated/α-hetero) is 1. The van der Waals surface area contributed by atoms with Gasteiger partial charge < -0.3 is 0 Å². The SMILES string of the molecule is O=C1C=Nn2c(=O)c3ccccc3c(=O)n2CC1. The third kappa shape index (κ3) is 1.42. The van der Waals surface area contributed by atoms with E-state index in [0.29, 0.717) is 10.8 Å². The molecule has 3 rings (SSSR count). The second-order valence-electron chi connectivity index (χ2n) is 4.03. The van der Waals surface area contributed by atoms with E-state index < -0.39 is 5.56 Å². The Morgan fingerprint density at radius 3 is 2.39 bits per heavy atom. The number of fused-ring (bicyclic) bond motifs is 2. The third-order valence-corrected chi connectivity index (χ3v) is 2.91. The Balaban J connectivity index is 2.49. The Hall–Kier alpha value is -2.50. The average Bonchev–Trinajstić information content (AvgIpc) is 2.59. The van der Waals surface area contributed by atoms with Crippen molar-refractivity contribution < 1.29 is 4.79 Å². The molecular formula is C12H9N3O3. The Kier molecular flexibility index (Phi) is 2.22. The van der Waals surface area contributed by atoms with Crippen LogP contribution in [0.4, 0.5) is 0 Å². The number of rotatable bonds is 0. The highest BCUT2D eigenvalue weighted by molar-refractivity contribution is 6.27. The first-order valence-corrected chi connectivity index (χ1v) is 5.50. The van der Waals surface area contributed by atoms with Crippen molar-refractivity contribution in [3.05, 3.63) is 45.0 Å². The topological polar surface area (TPSA) is 73.4 Å². The molecule has 1 aromatic heterocycles. The fourth-order valence-electron chi connectivity index (χ4n) is 2.01. The van der Waals surface area contributed by atoms with Crippen LogP contribution in [0.2, 0.25) is 0 Å². The molecule has 0 unspecified atom stereocenters. The monoisotopic (exact) mass is 243 g/mol. The smallest absolute Gasteiger partial charge is 0.293 e. The number of hydrogen-bond donors (Lipinski definition) is 0. The number of nitrogens with zero attached hydrogens (tertiary/aromatic N) is 3. The lowest BCUT2D eigenvalue weighted by molar-refractivity contribution is -0.112. The standard InChI is InChI=1S/C12H9N3O3/c16-8-5-6-14-11(17)9-3-1-2-4-10(9)12(18)15(14)13-7-8/h1-4,7H,5-6H2. The van der Waals surface area contributed by atoms with Gasteiger partial charge in [-0.25, -0.2) is 4.68 Å². The van der Waals surface area contributed by atoms with Gasteiger partial charge >= 0.3 is 0 Å². The van der Waals surface area contributed by atoms with E-state index in [2.05, 4.69) is 5.10 Å². The summed E-state index contributed by atoms with van der Waals surface area (Å²) in [4.78, 5) is 36.6. The normalized spacial score (nSPS) is 14.6. The van der Waals surface area contributed by atoms with E-state index >= 15 is 0 Å². The van der Waals surface area contributed by atoms with Crippen LogP contribution in [-0.4, -0.2) is 21.5 Å². The molecule has 0 amide bonds. The van der Waals surface area contributed by atoms with Crippen molar-refractivity contribution in [2.45, 2.75) is 13.0 Å². The summed E-state index contributed by atoms with van der Waals surface area (Å²) in [6.45, 7) is 0.164. The second-order valence-corrected chi connectivity index (χ2v) is 4.03. The molecule has 6 nitrogen and oxygen atoms in total. The zero-order valence-corrected chi connectivity index (χ0v) is 9.37. The maximum Gasteiger partial charge on any atom is 0.294 e. The molecule has 0 bridgehead atoms. The summed E-state index contributed by atoms with van der Waals surface area (Å²) in [5.74, 6) is -0.200. The molecule has 0 N–H and O–H groups in total. The largest absolute Gasteiger partial charge is 0.294 e. The summed E-state index contributed by atoms with van der Waals surface area (Å²) in [5, 5.41) is 4.43. The van der Waals surface area contributed by atoms with Gasteiger partial charge in [-0.3, -0.25) is 14.4 Å². The molecule has 1 aromatic carbocycles. The van der Waals surface area contributed by atoms with Gasteiger partial charge in [0.25, 0.3) is 11.1 Å². The van der Waals surface area contributed by atoms with Gasteiger partial charge in [-0.2, -0.15) is 5.10 Å². The van der Waals surface area contributed by atoms with Crippen molar-refractivity contribution in [2.75, 3.05) is 0 Å². The maximum absolute atomic E-state index is 12.2. The Labute approximate surface area is 101 Å². The lowest BCUT2D eigenvalue weighted by atomic mass is 10.2. The third-order valence-electron chi connectivity index (χ3n) is 2.91. The molecule has 0 aliphatic carbocycles. The predicted octanol–water partition coefficient (Wildman–Crippen LogP) is -0.0301. The van der Waals surface area contributed by atoms with E-state index in [0.717, 1.165) is 11.0 Å². The molecule has 0 spiro atoms. The minimum atomic E-state index is -0.392. The number of aromatic nitrogens is 2. The molecule has 0 fully saturated rings. The van der Waals surface area contributed by atoms with Crippen molar-refractivity contribution >= 4 is 22.8 Å². The molecule has 2 aromatic rings. The van der Waals surface area contributed by atoms with Crippen LogP contribution < -0.4 is 11.1 Å². The first kappa shape index (κ1) is 10.6. The number of benzene rings is 1. The van der Waals surface area contributed by atoms with E-state index in [-0.39, 0.29) is 24.3 Å². The van der Waals surface area contributed by atoms with Crippen LogP contribution in [0.5, 0.6) is 0 Å². The number of hydrogen-bond acceptors (Lipinski definition) is 4. The highest BCUT2D eigenvalue weighted by Crippen LogP contribution is 2.05. The van der Waals surface area contributed by atoms with E-state index in [9.17, 15) is 14.4 Å². The molecule has 6 heteroatoms. The molecule has 18 heavy (non-hydrogen) atoms. The highest BCUT2D eigenvalue weighted by Gasteiger charge is 2.15. The summed E-state index contributed by atoms with van der Waals surface area (Å²) in [5.41, 5.74) is -0.701. The van der Waals surface area contributed by atoms with Gasteiger partial charge in [0.1, 0.15) is 0 Å². The fourth-order valence-corrected chi connectivity index (χ4v) is 2.01. The van der Waals surface area contributed by atoms with E-state index in [4.69, 9.17) is 0 Å². The number of ketones is 1. The van der Waals surface area contributed by atoms with Gasteiger partial charge in [-0.15, -0.1) is 4.79 Å². The Bertz CT molecular complexity index is 798. The minimum absolute atomic E-state index is 0.164. The van der Waals surface area contributed by atoms with Gasteiger partial charge in [0.2, 0.25) is 0 Å². The highest BCUT2D eigenvalue weighted by atomic mass is 16.2. The van der Waals surface area contributed by atoms with Crippen LogP contribution in [-0.2, 0) is 11.3 Å². The van der Waals surface area contributed by atoms with Gasteiger partial charge in [0.05, 0.1) is 23.5 Å². The van der Waals surface area contributed by atoms with E-state index in [1.165, 1.54) is 4.68 Å². The van der Waals surface area contributed by atoms with Crippen molar-refractivity contribution in [2.24, 2.45) is 5.10 Å². The average molecular weight is 243 g/mol. The number of carbonyl (C=O) groups is 1. The van der Waals surface area contributed by atoms with Crippen molar-refractivity contribution in [3.8, 4) is 0 Å². The quantitative estimate of drug-likeness (QED) is 0.652. The molecule has 0 saturated carbocycles. The molecule has 0 atom stereocenters. The molecule has 1 aliphatic rings. The summed E-state index contributed by atoms with van der Waals surface area (Å²) >= 11 is 0. The predicted molar refractivity (Wildman–Crippen MR) is 66.0 cm³/mol. The van der Waals surface area contributed by atoms with Crippen LogP contribution in [0.1, 0.15) is 6.42 Å². The van der Waals surface area contributed by atoms with Crippen LogP contribution >= 0.6 is 0 Å². The lowest BCUT2D eigenvalue weighted by Gasteiger charge is -2.09. The van der Waals surface area contributed by atoms with Crippen molar-refractivity contribution in [3.63, 3.8) is 0 Å². The molecule has 0 saturated heterocycles. The van der Waals surface area contributed by atoms with Gasteiger partial charge in [0.15, 0.2) is 5.78 Å². The Morgan fingerprint density at radius 1 is 1.00 bits per heavy atom. The zero-order valence-electron chi connectivity index (χ0n) is 9.37. The minimum Gasteiger partial charge on any atom is -0.293 e. The van der Waals surface area contributed by atoms with Crippen LogP contribution in [0.25, 0.3) is 10.8 Å². The molecule has 0 radical (unpaired) electrons. The molecular weight excluding hydrogens is 234 g/mol. The maximum atomic E-state index is 12.2. The van der Waals surface area contributed by atoms with Crippen LogP contribution in [0, 0.1) is 0 Å². The van der Waals surface area contributed by atoms with E-state index in [1.807, 2.05) is 0 Å². The second kappa shape index (κ2) is 3.76. The fraction of sp³-hybridized carbons (Fsp3) is 0.167. The van der Waals surface area contributed by atoms with Gasteiger partial charge in [0, 0.05) is 6.42 Å². The van der Waals surface area contributed by atoms with Crippen molar-refractivity contribution in [1.29, 1.82) is 0 Å². The summed E-state index contributed by atoms with van der Waals surface area (Å²) in [6.07, 6.45) is 1.25. The summed E-state index contributed by atoms with van der Waals surface area (Å²) in [7, 11) is 0. The summed E-state index contributed by atoms with van der Waals surface area (Å²) in [6, 6.07) is 6.57. The van der Waals surface area contributed by atoms with Crippen LogP contribution in [0.3, 0.4) is 0 Å². The molecule has 2 heterocycles. The molecule has 1 aliphatic heterocycles. The molecule has 90 valence electrons. The summed E-state index contributed by atoms with van der Waals surface area (Å²) < 4.78 is 1.20. The van der Waals surface area contributed by atoms with Crippen LogP contribution in [0.15, 0.2) is 39.0 Å². The van der Waals surface area contributed by atoms with Crippen molar-refractivity contribution in [1.82, 2.24) is 9.47 Å². The Morgan fingerprint density at radius 2 is 1.67 bits per heavy atom. The van der Waals surface area contributed by atoms with Gasteiger partial charge in [-0.05, 0) is 12.1 Å².